The number of aromatic nitrogens is 1. The van der Waals surface area contributed by atoms with E-state index >= 15 is 0 Å². The molecule has 0 aliphatic rings. The number of pyridine rings is 1. The van der Waals surface area contributed by atoms with Crippen LogP contribution in [0.5, 0.6) is 0 Å². The fourth-order valence-electron chi connectivity index (χ4n) is 3.26. The fourth-order valence-corrected chi connectivity index (χ4v) is 4.89. The monoisotopic (exact) mass is 389 g/mol. The lowest BCUT2D eigenvalue weighted by molar-refractivity contribution is 1.43. The van der Waals surface area contributed by atoms with E-state index < -0.39 is 0 Å². The van der Waals surface area contributed by atoms with Crippen molar-refractivity contribution in [3.63, 3.8) is 0 Å². The van der Waals surface area contributed by atoms with Gasteiger partial charge in [-0.05, 0) is 24.3 Å². The molecular formula is C21H12BrNS. The molecule has 114 valence electrons. The zero-order chi connectivity index (χ0) is 16.1. The van der Waals surface area contributed by atoms with Crippen LogP contribution in [0.2, 0.25) is 0 Å². The largest absolute Gasteiger partial charge is 0.246 e. The summed E-state index contributed by atoms with van der Waals surface area (Å²) in [6.45, 7) is 0. The second-order valence-corrected chi connectivity index (χ2v) is 7.76. The van der Waals surface area contributed by atoms with Crippen molar-refractivity contribution in [1.82, 2.24) is 4.98 Å². The minimum absolute atomic E-state index is 1.04. The number of hydrogen-bond acceptors (Lipinski definition) is 2. The predicted molar refractivity (Wildman–Crippen MR) is 108 cm³/mol. The number of halogens is 1. The van der Waals surface area contributed by atoms with E-state index in [9.17, 15) is 0 Å². The summed E-state index contributed by atoms with van der Waals surface area (Å²) in [6.07, 6.45) is 0. The number of nitrogens with zero attached hydrogens (tertiary/aromatic N) is 1. The highest BCUT2D eigenvalue weighted by atomic mass is 79.9. The number of benzene rings is 3. The predicted octanol–water partition coefficient (Wildman–Crippen LogP) is 7.03. The molecule has 5 aromatic rings. The quantitative estimate of drug-likeness (QED) is 0.299. The average Bonchev–Trinajstić information content (AvgIpc) is 3.01. The Morgan fingerprint density at radius 3 is 2.46 bits per heavy atom. The van der Waals surface area contributed by atoms with Gasteiger partial charge in [0.25, 0.3) is 0 Å². The van der Waals surface area contributed by atoms with E-state index in [2.05, 4.69) is 82.7 Å². The molecule has 0 N–H and O–H groups in total. The van der Waals surface area contributed by atoms with Crippen molar-refractivity contribution in [2.24, 2.45) is 0 Å². The highest BCUT2D eigenvalue weighted by molar-refractivity contribution is 9.10. The Morgan fingerprint density at radius 1 is 0.792 bits per heavy atom. The van der Waals surface area contributed by atoms with E-state index in [1.165, 1.54) is 25.6 Å². The lowest BCUT2D eigenvalue weighted by Gasteiger charge is -2.07. The van der Waals surface area contributed by atoms with Crippen LogP contribution < -0.4 is 0 Å². The third-order valence-corrected chi connectivity index (χ3v) is 5.99. The fraction of sp³-hybridized carbons (Fsp3) is 0. The van der Waals surface area contributed by atoms with E-state index in [0.29, 0.717) is 0 Å². The maximum atomic E-state index is 5.00. The summed E-state index contributed by atoms with van der Waals surface area (Å²) in [6, 6.07) is 25.4. The van der Waals surface area contributed by atoms with Crippen LogP contribution in [0.4, 0.5) is 0 Å². The van der Waals surface area contributed by atoms with Gasteiger partial charge in [-0.1, -0.05) is 64.5 Å². The van der Waals surface area contributed by atoms with E-state index in [1.54, 1.807) is 0 Å². The topological polar surface area (TPSA) is 12.9 Å². The third kappa shape index (κ3) is 2.09. The average molecular weight is 390 g/mol. The maximum absolute atomic E-state index is 5.00. The normalized spacial score (nSPS) is 11.5. The molecule has 0 aliphatic carbocycles. The van der Waals surface area contributed by atoms with Crippen molar-refractivity contribution in [2.45, 2.75) is 0 Å². The Kier molecular flexibility index (Phi) is 3.18. The Morgan fingerprint density at radius 2 is 1.58 bits per heavy atom. The van der Waals surface area contributed by atoms with E-state index in [4.69, 9.17) is 4.98 Å². The van der Waals surface area contributed by atoms with E-state index in [-0.39, 0.29) is 0 Å². The highest BCUT2D eigenvalue weighted by Gasteiger charge is 2.15. The van der Waals surface area contributed by atoms with Crippen LogP contribution in [-0.4, -0.2) is 4.98 Å². The number of thiophene rings is 1. The van der Waals surface area contributed by atoms with Crippen LogP contribution in [0.25, 0.3) is 42.3 Å². The first-order valence-electron chi connectivity index (χ1n) is 7.77. The summed E-state index contributed by atoms with van der Waals surface area (Å²) in [5.41, 5.74) is 3.25. The molecule has 0 unspecified atom stereocenters. The number of rotatable bonds is 1. The molecule has 2 heterocycles. The molecule has 0 saturated carbocycles. The van der Waals surface area contributed by atoms with Crippen molar-refractivity contribution in [3.8, 4) is 11.3 Å². The molecule has 3 aromatic carbocycles. The lowest BCUT2D eigenvalue weighted by Crippen LogP contribution is -1.87. The first kappa shape index (κ1) is 14.1. The van der Waals surface area contributed by atoms with Crippen LogP contribution in [0.15, 0.2) is 77.3 Å². The Bertz CT molecular complexity index is 1220. The van der Waals surface area contributed by atoms with Gasteiger partial charge in [0.2, 0.25) is 0 Å². The summed E-state index contributed by atoms with van der Waals surface area (Å²) >= 11 is 5.41. The first-order valence-corrected chi connectivity index (χ1v) is 9.38. The molecule has 0 amide bonds. The van der Waals surface area contributed by atoms with Crippen LogP contribution in [-0.2, 0) is 0 Å². The van der Waals surface area contributed by atoms with Gasteiger partial charge in [0.1, 0.15) is 0 Å². The smallest absolute Gasteiger partial charge is 0.0888 e. The van der Waals surface area contributed by atoms with Crippen LogP contribution in [0, 0.1) is 0 Å². The molecular weight excluding hydrogens is 378 g/mol. The maximum Gasteiger partial charge on any atom is 0.0888 e. The van der Waals surface area contributed by atoms with Gasteiger partial charge in [-0.15, -0.1) is 11.3 Å². The second kappa shape index (κ2) is 5.40. The van der Waals surface area contributed by atoms with Crippen LogP contribution >= 0.6 is 27.3 Å². The summed E-state index contributed by atoms with van der Waals surface area (Å²) < 4.78 is 3.64. The summed E-state index contributed by atoms with van der Waals surface area (Å²) in [7, 11) is 0. The number of para-hydroxylation sites is 1. The summed E-state index contributed by atoms with van der Waals surface area (Å²) in [4.78, 5) is 5.00. The van der Waals surface area contributed by atoms with Gasteiger partial charge < -0.3 is 0 Å². The van der Waals surface area contributed by atoms with Gasteiger partial charge in [-0.3, -0.25) is 0 Å². The molecule has 24 heavy (non-hydrogen) atoms. The van der Waals surface area contributed by atoms with Gasteiger partial charge in [0.05, 0.1) is 15.9 Å². The van der Waals surface area contributed by atoms with Crippen molar-refractivity contribution >= 4 is 58.3 Å². The molecule has 0 spiro atoms. The van der Waals surface area contributed by atoms with Crippen molar-refractivity contribution in [2.75, 3.05) is 0 Å². The molecule has 0 saturated heterocycles. The lowest BCUT2D eigenvalue weighted by atomic mass is 10.0. The molecule has 0 bridgehead atoms. The summed E-state index contributed by atoms with van der Waals surface area (Å²) in [5, 5.41) is 3.85. The molecule has 5 rings (SSSR count). The Balaban J connectivity index is 2.03. The second-order valence-electron chi connectivity index (χ2n) is 5.79. The van der Waals surface area contributed by atoms with Crippen LogP contribution in [0.3, 0.4) is 0 Å². The minimum Gasteiger partial charge on any atom is -0.246 e. The zero-order valence-corrected chi connectivity index (χ0v) is 15.1. The molecule has 2 aromatic heterocycles. The molecule has 0 radical (unpaired) electrons. The number of fused-ring (bicyclic) bond motifs is 5. The van der Waals surface area contributed by atoms with E-state index in [0.717, 1.165) is 21.2 Å². The number of hydrogen-bond donors (Lipinski definition) is 0. The van der Waals surface area contributed by atoms with Gasteiger partial charge in [0, 0.05) is 30.9 Å². The molecule has 1 nitrogen and oxygen atoms in total. The summed E-state index contributed by atoms with van der Waals surface area (Å²) in [5.74, 6) is 0. The first-order chi connectivity index (χ1) is 11.8. The van der Waals surface area contributed by atoms with Crippen LogP contribution in [0.1, 0.15) is 0 Å². The van der Waals surface area contributed by atoms with Gasteiger partial charge in [-0.2, -0.15) is 0 Å². The van der Waals surface area contributed by atoms with Crippen molar-refractivity contribution < 1.29 is 0 Å². The van der Waals surface area contributed by atoms with Gasteiger partial charge in [-0.25, -0.2) is 4.98 Å². The van der Waals surface area contributed by atoms with Crippen molar-refractivity contribution in [1.29, 1.82) is 0 Å². The SMILES string of the molecule is Brc1cccc(-c2nc3ccccc3c3c2sc2ccccc23)c1. The van der Waals surface area contributed by atoms with Gasteiger partial charge >= 0.3 is 0 Å². The standard InChI is InChI=1S/C21H12BrNS/c22-14-7-5-6-13(12-14)20-21-19(15-8-1-3-10-17(15)23-20)16-9-2-4-11-18(16)24-21/h1-12H. The zero-order valence-electron chi connectivity index (χ0n) is 12.7. The van der Waals surface area contributed by atoms with Gasteiger partial charge in [0.15, 0.2) is 0 Å². The van der Waals surface area contributed by atoms with E-state index in [1.807, 2.05) is 17.4 Å². The Hall–Kier alpha value is -2.23. The molecule has 0 atom stereocenters. The molecule has 0 fully saturated rings. The third-order valence-electron chi connectivity index (χ3n) is 4.31. The van der Waals surface area contributed by atoms with Crippen molar-refractivity contribution in [3.05, 3.63) is 77.3 Å². The minimum atomic E-state index is 1.04. The molecule has 3 heteroatoms. The highest BCUT2D eigenvalue weighted by Crippen LogP contribution is 2.42. The Labute approximate surface area is 151 Å². The molecule has 0 aliphatic heterocycles.